The van der Waals surface area contributed by atoms with Gasteiger partial charge in [0, 0.05) is 19.3 Å². The van der Waals surface area contributed by atoms with Gasteiger partial charge in [-0.2, -0.15) is 0 Å². The number of hydrogen-bond donors (Lipinski definition) is 0. The highest BCUT2D eigenvalue weighted by Crippen LogP contribution is 2.12. The fraction of sp³-hybridized carbons (Fsp3) is 0.539. The Labute approximate surface area is 503 Å². The molecule has 0 heterocycles. The third kappa shape index (κ3) is 65.1. The van der Waals surface area contributed by atoms with Crippen LogP contribution in [-0.4, -0.2) is 37.2 Å². The number of esters is 3. The molecule has 0 aliphatic rings. The number of carbonyl (C=O) groups excluding carboxylic acids is 3. The van der Waals surface area contributed by atoms with Crippen molar-refractivity contribution < 1.29 is 28.6 Å². The maximum Gasteiger partial charge on any atom is 0.306 e. The standard InChI is InChI=1S/C76H116O6/c1-4-7-10-13-16-19-22-25-27-29-31-32-33-34-35-36-37-38-39-40-41-42-43-44-46-47-49-51-54-57-60-63-66-69-75(78)81-72-73(71-80-74(77)68-65-62-59-56-53-24-21-18-15-12-9-6-3)82-76(79)70-67-64-61-58-55-52-50-48-45-30-28-26-23-20-17-14-11-8-5-2/h7-8,10-11,16-21,25-28,31-32,34-35,37-38,40-41,43-45,47-49,52,55,61,64,73H,4-6,9,12-15,22-24,29-30,33,36,39,42,46,50-51,53-54,56-60,62-63,65-72H2,1-3H3/b10-7-,11-8-,19-16-,20-17-,21-18-,27-25-,28-26-,32-31-,35-34-,38-37-,41-40-,44-43-,48-45-,49-47-,55-52-,64-61-. The molecule has 0 rings (SSSR count). The molecule has 0 amide bonds. The fourth-order valence-electron chi connectivity index (χ4n) is 8.04. The van der Waals surface area contributed by atoms with E-state index < -0.39 is 12.1 Å². The summed E-state index contributed by atoms with van der Waals surface area (Å²) in [6, 6.07) is 0. The van der Waals surface area contributed by atoms with Gasteiger partial charge in [0.25, 0.3) is 0 Å². The molecule has 456 valence electrons. The second-order valence-electron chi connectivity index (χ2n) is 20.5. The highest BCUT2D eigenvalue weighted by atomic mass is 16.6. The van der Waals surface area contributed by atoms with Crippen LogP contribution in [0, 0.1) is 0 Å². The van der Waals surface area contributed by atoms with Crippen LogP contribution in [0.5, 0.6) is 0 Å². The van der Waals surface area contributed by atoms with E-state index in [0.29, 0.717) is 19.3 Å². The minimum absolute atomic E-state index is 0.128. The van der Waals surface area contributed by atoms with Crippen molar-refractivity contribution in [1.29, 1.82) is 0 Å². The predicted octanol–water partition coefficient (Wildman–Crippen LogP) is 22.6. The summed E-state index contributed by atoms with van der Waals surface area (Å²) in [5, 5.41) is 0. The van der Waals surface area contributed by atoms with Gasteiger partial charge in [-0.05, 0) is 154 Å². The molecule has 0 fully saturated rings. The zero-order valence-corrected chi connectivity index (χ0v) is 52.2. The van der Waals surface area contributed by atoms with E-state index in [2.05, 4.69) is 203 Å². The Hall–Kier alpha value is -5.75. The molecule has 82 heavy (non-hydrogen) atoms. The first kappa shape index (κ1) is 76.2. The van der Waals surface area contributed by atoms with E-state index in [9.17, 15) is 14.4 Å². The third-order valence-corrected chi connectivity index (χ3v) is 12.8. The van der Waals surface area contributed by atoms with Crippen LogP contribution in [0.15, 0.2) is 194 Å². The second kappa shape index (κ2) is 67.8. The summed E-state index contributed by atoms with van der Waals surface area (Å²) in [7, 11) is 0. The molecule has 1 unspecified atom stereocenters. The summed E-state index contributed by atoms with van der Waals surface area (Å²) in [6.07, 6.45) is 103. The van der Waals surface area contributed by atoms with E-state index in [1.54, 1.807) is 0 Å². The summed E-state index contributed by atoms with van der Waals surface area (Å²) in [4.78, 5) is 38.2. The topological polar surface area (TPSA) is 78.9 Å². The van der Waals surface area contributed by atoms with Gasteiger partial charge in [-0.1, -0.05) is 267 Å². The zero-order chi connectivity index (χ0) is 59.2. The number of allylic oxidation sites excluding steroid dienone is 32. The Morgan fingerprint density at radius 3 is 0.805 bits per heavy atom. The first-order chi connectivity index (χ1) is 40.5. The Bertz CT molecular complexity index is 1970. The second-order valence-corrected chi connectivity index (χ2v) is 20.5. The van der Waals surface area contributed by atoms with E-state index in [1.165, 1.54) is 32.1 Å². The van der Waals surface area contributed by atoms with Crippen LogP contribution in [0.3, 0.4) is 0 Å². The molecule has 0 aromatic carbocycles. The molecular formula is C76H116O6. The molecule has 0 N–H and O–H groups in total. The van der Waals surface area contributed by atoms with Crippen molar-refractivity contribution >= 4 is 17.9 Å². The number of hydrogen-bond acceptors (Lipinski definition) is 6. The van der Waals surface area contributed by atoms with Gasteiger partial charge in [0.05, 0.1) is 0 Å². The van der Waals surface area contributed by atoms with Gasteiger partial charge in [-0.25, -0.2) is 0 Å². The summed E-state index contributed by atoms with van der Waals surface area (Å²) < 4.78 is 16.8. The molecule has 0 saturated carbocycles. The third-order valence-electron chi connectivity index (χ3n) is 12.8. The van der Waals surface area contributed by atoms with Crippen LogP contribution in [0.2, 0.25) is 0 Å². The molecule has 1 atom stereocenters. The molecule has 6 heteroatoms. The number of unbranched alkanes of at least 4 members (excludes halogenated alkanes) is 13. The van der Waals surface area contributed by atoms with Crippen molar-refractivity contribution in [2.75, 3.05) is 13.2 Å². The summed E-state index contributed by atoms with van der Waals surface area (Å²) in [5.41, 5.74) is 0. The average Bonchev–Trinajstić information content (AvgIpc) is 3.47. The highest BCUT2D eigenvalue weighted by molar-refractivity contribution is 5.71. The lowest BCUT2D eigenvalue weighted by Gasteiger charge is -2.18. The smallest absolute Gasteiger partial charge is 0.306 e. The Balaban J connectivity index is 4.44. The van der Waals surface area contributed by atoms with Gasteiger partial charge in [0.15, 0.2) is 6.10 Å². The van der Waals surface area contributed by atoms with Crippen molar-refractivity contribution in [3.8, 4) is 0 Å². The van der Waals surface area contributed by atoms with Crippen LogP contribution < -0.4 is 0 Å². The van der Waals surface area contributed by atoms with Gasteiger partial charge < -0.3 is 14.2 Å². The first-order valence-electron chi connectivity index (χ1n) is 32.4. The molecule has 0 radical (unpaired) electrons. The molecule has 0 aromatic heterocycles. The van der Waals surface area contributed by atoms with Crippen LogP contribution in [0.1, 0.15) is 245 Å². The summed E-state index contributed by atoms with van der Waals surface area (Å²) in [5.74, 6) is -1.05. The first-order valence-corrected chi connectivity index (χ1v) is 32.4. The van der Waals surface area contributed by atoms with Crippen molar-refractivity contribution in [3.05, 3.63) is 194 Å². The molecule has 0 spiro atoms. The van der Waals surface area contributed by atoms with Crippen LogP contribution in [-0.2, 0) is 28.6 Å². The van der Waals surface area contributed by atoms with Crippen molar-refractivity contribution in [2.24, 2.45) is 0 Å². The molecule has 0 aromatic rings. The van der Waals surface area contributed by atoms with Crippen molar-refractivity contribution in [1.82, 2.24) is 0 Å². The number of rotatable bonds is 56. The quantitative estimate of drug-likeness (QED) is 0.0261. The van der Waals surface area contributed by atoms with Gasteiger partial charge in [-0.3, -0.25) is 14.4 Å². The van der Waals surface area contributed by atoms with Crippen LogP contribution >= 0.6 is 0 Å². The van der Waals surface area contributed by atoms with Gasteiger partial charge in [-0.15, -0.1) is 0 Å². The maximum absolute atomic E-state index is 12.9. The Morgan fingerprint density at radius 1 is 0.256 bits per heavy atom. The van der Waals surface area contributed by atoms with Crippen molar-refractivity contribution in [3.63, 3.8) is 0 Å². The van der Waals surface area contributed by atoms with Gasteiger partial charge in [0.2, 0.25) is 0 Å². The van der Waals surface area contributed by atoms with Crippen LogP contribution in [0.25, 0.3) is 0 Å². The molecule has 0 aliphatic carbocycles. The van der Waals surface area contributed by atoms with E-state index in [4.69, 9.17) is 14.2 Å². The van der Waals surface area contributed by atoms with E-state index >= 15 is 0 Å². The molecular weight excluding hydrogens is 1010 g/mol. The lowest BCUT2D eigenvalue weighted by molar-refractivity contribution is -0.166. The molecule has 0 bridgehead atoms. The normalized spacial score (nSPS) is 13.5. The average molecular weight is 1130 g/mol. The summed E-state index contributed by atoms with van der Waals surface area (Å²) in [6.45, 7) is 6.28. The number of ether oxygens (including phenoxy) is 3. The van der Waals surface area contributed by atoms with Gasteiger partial charge in [0.1, 0.15) is 13.2 Å². The SMILES string of the molecule is CC/C=C\C/C=C\C/C=C\C/C=C\C/C=C\C/C=C\C/C=C\C/C=C\C/C=C\CCCCCCCC(=O)OCC(COC(=O)CCCCCCC/C=C\CCCCC)OC(=O)CC/C=C\C/C=C\C/C=C\C/C=C\C/C=C\C/C=C\CC. The van der Waals surface area contributed by atoms with Crippen molar-refractivity contribution in [2.45, 2.75) is 252 Å². The lowest BCUT2D eigenvalue weighted by Crippen LogP contribution is -2.30. The predicted molar refractivity (Wildman–Crippen MR) is 357 cm³/mol. The fourth-order valence-corrected chi connectivity index (χ4v) is 8.04. The largest absolute Gasteiger partial charge is 0.462 e. The monoisotopic (exact) mass is 1120 g/mol. The van der Waals surface area contributed by atoms with E-state index in [0.717, 1.165) is 167 Å². The van der Waals surface area contributed by atoms with Crippen LogP contribution in [0.4, 0.5) is 0 Å². The Morgan fingerprint density at radius 2 is 0.500 bits per heavy atom. The van der Waals surface area contributed by atoms with E-state index in [-0.39, 0.29) is 31.6 Å². The molecule has 0 aliphatic heterocycles. The number of carbonyl (C=O) groups is 3. The molecule has 6 nitrogen and oxygen atoms in total. The van der Waals surface area contributed by atoms with Gasteiger partial charge >= 0.3 is 17.9 Å². The summed E-state index contributed by atoms with van der Waals surface area (Å²) >= 11 is 0. The maximum atomic E-state index is 12.9. The molecule has 0 saturated heterocycles. The minimum Gasteiger partial charge on any atom is -0.462 e. The highest BCUT2D eigenvalue weighted by Gasteiger charge is 2.19. The zero-order valence-electron chi connectivity index (χ0n) is 52.2. The Kier molecular flexibility index (Phi) is 63.0. The minimum atomic E-state index is -0.842. The van der Waals surface area contributed by atoms with E-state index in [1.807, 2.05) is 12.2 Å². The lowest BCUT2D eigenvalue weighted by atomic mass is 10.1.